The molecule has 0 aliphatic heterocycles. The van der Waals surface area contributed by atoms with E-state index in [1.54, 1.807) is 0 Å². The highest BCUT2D eigenvalue weighted by atomic mass is 79.9. The summed E-state index contributed by atoms with van der Waals surface area (Å²) in [5, 5.41) is 0. The first kappa shape index (κ1) is 23.7. The molecule has 0 aromatic heterocycles. The molecule has 0 fully saturated rings. The topological polar surface area (TPSA) is 43.4 Å². The van der Waals surface area contributed by atoms with Crippen molar-refractivity contribution in [1.29, 1.82) is 0 Å². The van der Waals surface area contributed by atoms with Gasteiger partial charge in [0.2, 0.25) is 0 Å². The van der Waals surface area contributed by atoms with Crippen molar-refractivity contribution >= 4 is 43.6 Å². The Kier molecular flexibility index (Phi) is 8.06. The highest BCUT2D eigenvalue weighted by Gasteiger charge is 2.42. The van der Waals surface area contributed by atoms with Crippen molar-refractivity contribution < 1.29 is 14.3 Å². The first-order valence-electron chi connectivity index (χ1n) is 10.5. The minimum atomic E-state index is -0.394. The van der Waals surface area contributed by atoms with Crippen molar-refractivity contribution in [3.63, 3.8) is 0 Å². The Morgan fingerprint density at radius 1 is 0.871 bits per heavy atom. The maximum absolute atomic E-state index is 11.7. The fourth-order valence-corrected chi connectivity index (χ4v) is 5.26. The second-order valence-electron chi connectivity index (χ2n) is 7.81. The molecule has 0 amide bonds. The highest BCUT2D eigenvalue weighted by Crippen LogP contribution is 2.55. The third-order valence-corrected chi connectivity index (χ3v) is 6.93. The van der Waals surface area contributed by atoms with Crippen molar-refractivity contribution in [2.75, 3.05) is 6.61 Å². The number of halogens is 2. The first-order valence-corrected chi connectivity index (χ1v) is 12.0. The van der Waals surface area contributed by atoms with Crippen LogP contribution in [0.25, 0.3) is 11.1 Å². The number of carbonyl (C=O) groups is 2. The first-order chi connectivity index (χ1) is 14.9. The zero-order valence-electron chi connectivity index (χ0n) is 17.5. The molecule has 3 nitrogen and oxygen atoms in total. The number of fused-ring (bicyclic) bond motifs is 3. The average molecular weight is 546 g/mol. The Balaban J connectivity index is 1.95. The van der Waals surface area contributed by atoms with E-state index in [0.717, 1.165) is 41.0 Å². The Labute approximate surface area is 200 Å². The third kappa shape index (κ3) is 5.27. The number of hydrogen-bond acceptors (Lipinski definition) is 3. The van der Waals surface area contributed by atoms with Gasteiger partial charge in [0.15, 0.2) is 5.78 Å². The molecule has 2 aromatic carbocycles. The van der Waals surface area contributed by atoms with Crippen molar-refractivity contribution in [2.24, 2.45) is 0 Å². The number of carbonyl (C=O) groups excluding carboxylic acids is 2. The summed E-state index contributed by atoms with van der Waals surface area (Å²) in [6, 6.07) is 12.9. The molecule has 2 aromatic rings. The van der Waals surface area contributed by atoms with Gasteiger partial charge in [-0.15, -0.1) is 0 Å². The summed E-state index contributed by atoms with van der Waals surface area (Å²) < 4.78 is 7.35. The molecular formula is C26H26Br2O3. The molecule has 0 saturated carbocycles. The fraction of sp³-hybridized carbons (Fsp3) is 0.308. The zero-order valence-corrected chi connectivity index (χ0v) is 20.6. The lowest BCUT2D eigenvalue weighted by Gasteiger charge is -2.33. The Morgan fingerprint density at radius 3 is 2.00 bits per heavy atom. The number of esters is 1. The van der Waals surface area contributed by atoms with Crippen molar-refractivity contribution in [3.05, 3.63) is 81.8 Å². The molecule has 0 spiro atoms. The molecule has 0 heterocycles. The van der Waals surface area contributed by atoms with E-state index in [4.69, 9.17) is 4.74 Å². The van der Waals surface area contributed by atoms with E-state index in [1.807, 2.05) is 0 Å². The summed E-state index contributed by atoms with van der Waals surface area (Å²) in [7, 11) is 0. The van der Waals surface area contributed by atoms with Crippen molar-refractivity contribution in [2.45, 2.75) is 43.9 Å². The number of rotatable bonds is 11. The number of hydrogen-bond donors (Lipinski definition) is 0. The average Bonchev–Trinajstić information content (AvgIpc) is 3.02. The number of unbranched alkanes of at least 4 members (excludes halogenated alkanes) is 1. The summed E-state index contributed by atoms with van der Waals surface area (Å²) in [4.78, 5) is 23.2. The van der Waals surface area contributed by atoms with Crippen molar-refractivity contribution in [1.82, 2.24) is 0 Å². The lowest BCUT2D eigenvalue weighted by molar-refractivity contribution is -0.137. The third-order valence-electron chi connectivity index (χ3n) is 5.95. The van der Waals surface area contributed by atoms with E-state index in [1.165, 1.54) is 34.4 Å². The summed E-state index contributed by atoms with van der Waals surface area (Å²) >= 11 is 7.30. The van der Waals surface area contributed by atoms with Crippen LogP contribution < -0.4 is 0 Å². The van der Waals surface area contributed by atoms with E-state index in [2.05, 4.69) is 81.4 Å². The van der Waals surface area contributed by atoms with Crippen LogP contribution in [0.5, 0.6) is 0 Å². The van der Waals surface area contributed by atoms with E-state index in [-0.39, 0.29) is 11.2 Å². The molecule has 5 heteroatoms. The molecule has 0 unspecified atom stereocenters. The molecular weight excluding hydrogens is 520 g/mol. The van der Waals surface area contributed by atoms with Crippen LogP contribution >= 0.6 is 31.9 Å². The largest absolute Gasteiger partial charge is 0.463 e. The van der Waals surface area contributed by atoms with Crippen LogP contribution in [0.3, 0.4) is 0 Å². The normalized spacial score (nSPS) is 13.2. The lowest BCUT2D eigenvalue weighted by Crippen LogP contribution is -2.26. The summed E-state index contributed by atoms with van der Waals surface area (Å²) in [5.74, 6) is -0.308. The molecule has 162 valence electrons. The second-order valence-corrected chi connectivity index (χ2v) is 9.65. The Bertz CT molecular complexity index is 928. The predicted molar refractivity (Wildman–Crippen MR) is 132 cm³/mol. The summed E-state index contributed by atoms with van der Waals surface area (Å²) in [6.45, 7) is 7.39. The van der Waals surface area contributed by atoms with Gasteiger partial charge in [0.25, 0.3) is 0 Å². The molecule has 0 bridgehead atoms. The van der Waals surface area contributed by atoms with Crippen LogP contribution in [-0.4, -0.2) is 18.4 Å². The van der Waals surface area contributed by atoms with Gasteiger partial charge in [0.1, 0.15) is 0 Å². The smallest absolute Gasteiger partial charge is 0.330 e. The molecule has 0 saturated heterocycles. The minimum Gasteiger partial charge on any atom is -0.463 e. The molecule has 0 radical (unpaired) electrons. The monoisotopic (exact) mass is 544 g/mol. The van der Waals surface area contributed by atoms with Crippen molar-refractivity contribution in [3.8, 4) is 11.1 Å². The maximum atomic E-state index is 11.7. The quantitative estimate of drug-likeness (QED) is 0.169. The summed E-state index contributed by atoms with van der Waals surface area (Å²) in [6.07, 6.45) is 7.36. The summed E-state index contributed by atoms with van der Waals surface area (Å²) in [5.41, 5.74) is 4.88. The van der Waals surface area contributed by atoms with Gasteiger partial charge in [-0.2, -0.15) is 0 Å². The number of allylic oxidation sites excluding steroid dienone is 1. The molecule has 1 aliphatic carbocycles. The van der Waals surface area contributed by atoms with Crippen LogP contribution in [0.2, 0.25) is 0 Å². The van der Waals surface area contributed by atoms with E-state index < -0.39 is 5.97 Å². The number of benzene rings is 2. The molecule has 0 N–H and O–H groups in total. The van der Waals surface area contributed by atoms with Gasteiger partial charge in [0.05, 0.1) is 6.61 Å². The van der Waals surface area contributed by atoms with Crippen LogP contribution in [0, 0.1) is 0 Å². The molecule has 0 atom stereocenters. The predicted octanol–water partition coefficient (Wildman–Crippen LogP) is 7.30. The molecule has 3 rings (SSSR count). The van der Waals surface area contributed by atoms with Gasteiger partial charge in [-0.3, -0.25) is 4.79 Å². The SMILES string of the molecule is C=CC(=O)CCCCC1(CCCOC(=O)C=C)c2cc(Br)ccc2-c2ccc(Br)cc21. The number of ketones is 1. The standard InChI is InChI=1S/C26H26Br2O3/c1-3-20(29)8-5-6-13-26(14-7-15-31-25(30)4-2)23-16-18(27)9-11-21(23)22-12-10-19(28)17-24(22)26/h3-4,9-12,16-17H,1-2,5-8,13-15H2. The van der Waals surface area contributed by atoms with Gasteiger partial charge in [-0.1, -0.05) is 63.6 Å². The Hall–Kier alpha value is -1.98. The van der Waals surface area contributed by atoms with Gasteiger partial charge in [-0.05, 0) is 78.3 Å². The fourth-order valence-electron chi connectivity index (χ4n) is 4.54. The maximum Gasteiger partial charge on any atom is 0.330 e. The van der Waals surface area contributed by atoms with Gasteiger partial charge >= 0.3 is 5.97 Å². The van der Waals surface area contributed by atoms with E-state index >= 15 is 0 Å². The van der Waals surface area contributed by atoms with Gasteiger partial charge in [0, 0.05) is 26.9 Å². The lowest BCUT2D eigenvalue weighted by atomic mass is 9.71. The second kappa shape index (κ2) is 10.6. The number of ether oxygens (including phenoxy) is 1. The minimum absolute atomic E-state index is 0.0862. The van der Waals surface area contributed by atoms with Crippen LogP contribution in [0.4, 0.5) is 0 Å². The van der Waals surface area contributed by atoms with Crippen LogP contribution in [-0.2, 0) is 19.7 Å². The highest BCUT2D eigenvalue weighted by molar-refractivity contribution is 9.10. The van der Waals surface area contributed by atoms with Gasteiger partial charge < -0.3 is 4.74 Å². The van der Waals surface area contributed by atoms with Gasteiger partial charge in [-0.25, -0.2) is 4.79 Å². The zero-order chi connectivity index (χ0) is 22.4. The van der Waals surface area contributed by atoms with E-state index in [9.17, 15) is 9.59 Å². The van der Waals surface area contributed by atoms with Crippen LogP contribution in [0.1, 0.15) is 49.7 Å². The Morgan fingerprint density at radius 2 is 1.45 bits per heavy atom. The molecule has 31 heavy (non-hydrogen) atoms. The van der Waals surface area contributed by atoms with E-state index in [0.29, 0.717) is 13.0 Å². The van der Waals surface area contributed by atoms with Crippen LogP contribution in [0.15, 0.2) is 70.7 Å². The molecule has 1 aliphatic rings.